The van der Waals surface area contributed by atoms with Crippen molar-refractivity contribution in [3.8, 4) is 0 Å². The molecule has 5 rings (SSSR count). The minimum absolute atomic E-state index is 0.0559. The van der Waals surface area contributed by atoms with Crippen molar-refractivity contribution in [2.24, 2.45) is 7.05 Å². The Bertz CT molecular complexity index is 984. The third kappa shape index (κ3) is 3.10. The lowest BCUT2D eigenvalue weighted by Crippen LogP contribution is -2.40. The number of carbonyl (C=O) groups is 2. The van der Waals surface area contributed by atoms with E-state index in [-0.39, 0.29) is 23.9 Å². The molecule has 1 aliphatic carbocycles. The highest BCUT2D eigenvalue weighted by Crippen LogP contribution is 2.33. The summed E-state index contributed by atoms with van der Waals surface area (Å²) in [6, 6.07) is 0.0327. The maximum atomic E-state index is 12.8. The number of aromatic nitrogens is 4. The van der Waals surface area contributed by atoms with E-state index < -0.39 is 0 Å². The third-order valence-corrected chi connectivity index (χ3v) is 6.56. The molecule has 2 amide bonds. The number of carbonyl (C=O) groups excluding carboxylic acids is 2. The van der Waals surface area contributed by atoms with Crippen LogP contribution in [0, 0.1) is 6.92 Å². The number of aryl methyl sites for hydroxylation is 3. The highest BCUT2D eigenvalue weighted by atomic mass is 16.2. The fourth-order valence-electron chi connectivity index (χ4n) is 5.16. The van der Waals surface area contributed by atoms with Gasteiger partial charge in [-0.2, -0.15) is 0 Å². The number of amides is 2. The molecule has 2 atom stereocenters. The number of nitrogens with zero attached hydrogens (tertiary/aromatic N) is 6. The Labute approximate surface area is 170 Å². The van der Waals surface area contributed by atoms with E-state index in [1.807, 2.05) is 16.8 Å². The van der Waals surface area contributed by atoms with Gasteiger partial charge in [-0.25, -0.2) is 15.0 Å². The molecule has 2 fully saturated rings. The molecule has 0 aromatic carbocycles. The van der Waals surface area contributed by atoms with Crippen LogP contribution in [0.3, 0.4) is 0 Å². The summed E-state index contributed by atoms with van der Waals surface area (Å²) < 4.78 is 1.77. The topological polar surface area (TPSA) is 84.2 Å². The van der Waals surface area contributed by atoms with Gasteiger partial charge in [0.1, 0.15) is 11.5 Å². The van der Waals surface area contributed by atoms with Gasteiger partial charge in [0.15, 0.2) is 0 Å². The Hall–Kier alpha value is -2.77. The van der Waals surface area contributed by atoms with Crippen LogP contribution < -0.4 is 0 Å². The molecule has 2 saturated heterocycles. The van der Waals surface area contributed by atoms with Crippen molar-refractivity contribution in [3.05, 3.63) is 41.0 Å². The average molecular weight is 394 g/mol. The first kappa shape index (κ1) is 18.3. The SMILES string of the molecule is Cc1nc(CCN2C(=O)CC3C2CCN3C(=O)c2cn(C)cn2)nc2c1CCC2. The summed E-state index contributed by atoms with van der Waals surface area (Å²) in [4.78, 5) is 42.9. The molecular formula is C21H26N6O2. The van der Waals surface area contributed by atoms with E-state index in [1.54, 1.807) is 17.1 Å². The first-order chi connectivity index (χ1) is 14.0. The molecule has 8 nitrogen and oxygen atoms in total. The number of hydrogen-bond acceptors (Lipinski definition) is 5. The van der Waals surface area contributed by atoms with Crippen molar-refractivity contribution in [2.45, 2.75) is 57.5 Å². The van der Waals surface area contributed by atoms with Crippen molar-refractivity contribution in [1.82, 2.24) is 29.3 Å². The zero-order chi connectivity index (χ0) is 20.1. The molecule has 0 spiro atoms. The Morgan fingerprint density at radius 3 is 2.90 bits per heavy atom. The largest absolute Gasteiger partial charge is 0.340 e. The quantitative estimate of drug-likeness (QED) is 0.774. The molecule has 0 bridgehead atoms. The van der Waals surface area contributed by atoms with Gasteiger partial charge >= 0.3 is 0 Å². The van der Waals surface area contributed by atoms with Crippen LogP contribution in [0.4, 0.5) is 0 Å². The highest BCUT2D eigenvalue weighted by molar-refractivity contribution is 5.93. The molecule has 4 heterocycles. The number of imidazole rings is 1. The summed E-state index contributed by atoms with van der Waals surface area (Å²) in [5.74, 6) is 0.876. The molecular weight excluding hydrogens is 368 g/mol. The molecule has 0 N–H and O–H groups in total. The highest BCUT2D eigenvalue weighted by Gasteiger charge is 2.48. The molecule has 2 aromatic rings. The van der Waals surface area contributed by atoms with Gasteiger partial charge in [0.25, 0.3) is 5.91 Å². The van der Waals surface area contributed by atoms with Crippen LogP contribution in [0.1, 0.15) is 52.5 Å². The number of likely N-dealkylation sites (tertiary alicyclic amines) is 2. The maximum absolute atomic E-state index is 12.8. The van der Waals surface area contributed by atoms with E-state index in [1.165, 1.54) is 11.3 Å². The van der Waals surface area contributed by atoms with Crippen molar-refractivity contribution >= 4 is 11.8 Å². The van der Waals surface area contributed by atoms with Crippen molar-refractivity contribution < 1.29 is 9.59 Å². The van der Waals surface area contributed by atoms with Gasteiger partial charge in [-0.3, -0.25) is 9.59 Å². The fraction of sp³-hybridized carbons (Fsp3) is 0.571. The summed E-state index contributed by atoms with van der Waals surface area (Å²) in [7, 11) is 1.85. The Morgan fingerprint density at radius 2 is 2.10 bits per heavy atom. The van der Waals surface area contributed by atoms with Crippen LogP contribution in [0.25, 0.3) is 0 Å². The van der Waals surface area contributed by atoms with E-state index in [0.717, 1.165) is 37.2 Å². The number of rotatable bonds is 4. The lowest BCUT2D eigenvalue weighted by molar-refractivity contribution is -0.129. The Balaban J connectivity index is 1.28. The van der Waals surface area contributed by atoms with Crippen molar-refractivity contribution in [3.63, 3.8) is 0 Å². The predicted molar refractivity (Wildman–Crippen MR) is 105 cm³/mol. The Kier molecular flexibility index (Phi) is 4.37. The molecule has 2 unspecified atom stereocenters. The summed E-state index contributed by atoms with van der Waals surface area (Å²) in [6.07, 6.45) is 8.51. The zero-order valence-electron chi connectivity index (χ0n) is 17.0. The smallest absolute Gasteiger partial charge is 0.274 e. The summed E-state index contributed by atoms with van der Waals surface area (Å²) in [5.41, 5.74) is 4.03. The van der Waals surface area contributed by atoms with E-state index in [9.17, 15) is 9.59 Å². The summed E-state index contributed by atoms with van der Waals surface area (Å²) >= 11 is 0. The van der Waals surface area contributed by atoms with Crippen molar-refractivity contribution in [2.75, 3.05) is 13.1 Å². The lowest BCUT2D eigenvalue weighted by Gasteiger charge is -2.25. The molecule has 2 aliphatic heterocycles. The van der Waals surface area contributed by atoms with E-state index in [0.29, 0.717) is 31.6 Å². The average Bonchev–Trinajstić information content (AvgIpc) is 3.44. The zero-order valence-corrected chi connectivity index (χ0v) is 17.0. The monoisotopic (exact) mass is 394 g/mol. The van der Waals surface area contributed by atoms with Crippen LogP contribution in [-0.4, -0.2) is 66.3 Å². The van der Waals surface area contributed by atoms with Crippen molar-refractivity contribution in [1.29, 1.82) is 0 Å². The number of fused-ring (bicyclic) bond motifs is 2. The van der Waals surface area contributed by atoms with Crippen LogP contribution >= 0.6 is 0 Å². The first-order valence-corrected chi connectivity index (χ1v) is 10.4. The second-order valence-electron chi connectivity index (χ2n) is 8.39. The Morgan fingerprint density at radius 1 is 1.24 bits per heavy atom. The molecule has 3 aliphatic rings. The molecule has 8 heteroatoms. The van der Waals surface area contributed by atoms with Gasteiger partial charge in [-0.05, 0) is 38.2 Å². The minimum atomic E-state index is -0.0784. The predicted octanol–water partition coefficient (Wildman–Crippen LogP) is 1.07. The maximum Gasteiger partial charge on any atom is 0.274 e. The lowest BCUT2D eigenvalue weighted by atomic mass is 10.1. The minimum Gasteiger partial charge on any atom is -0.340 e. The fourth-order valence-corrected chi connectivity index (χ4v) is 5.16. The summed E-state index contributed by atoms with van der Waals surface area (Å²) in [6.45, 7) is 3.34. The van der Waals surface area contributed by atoms with Gasteiger partial charge in [0.05, 0.1) is 18.4 Å². The number of hydrogen-bond donors (Lipinski definition) is 0. The normalized spacial score (nSPS) is 23.0. The second-order valence-corrected chi connectivity index (χ2v) is 8.39. The van der Waals surface area contributed by atoms with Crippen LogP contribution in [-0.2, 0) is 31.1 Å². The van der Waals surface area contributed by atoms with Crippen LogP contribution in [0.2, 0.25) is 0 Å². The standard InChI is InChI=1S/C21H26N6O2/c1-13-14-4-3-5-15(14)24-19(23-13)7-9-26-17-6-8-27(18(17)10-20(26)28)21(29)16-11-25(2)12-22-16/h11-12,17-18H,3-10H2,1-2H3. The summed E-state index contributed by atoms with van der Waals surface area (Å²) in [5, 5.41) is 0. The van der Waals surface area contributed by atoms with Gasteiger partial charge in [0, 0.05) is 50.6 Å². The van der Waals surface area contributed by atoms with E-state index in [4.69, 9.17) is 4.98 Å². The first-order valence-electron chi connectivity index (χ1n) is 10.4. The van der Waals surface area contributed by atoms with E-state index >= 15 is 0 Å². The molecule has 29 heavy (non-hydrogen) atoms. The van der Waals surface area contributed by atoms with Gasteiger partial charge in [-0.15, -0.1) is 0 Å². The third-order valence-electron chi connectivity index (χ3n) is 6.56. The van der Waals surface area contributed by atoms with Gasteiger partial charge < -0.3 is 14.4 Å². The van der Waals surface area contributed by atoms with Crippen LogP contribution in [0.5, 0.6) is 0 Å². The molecule has 152 valence electrons. The van der Waals surface area contributed by atoms with Gasteiger partial charge in [0.2, 0.25) is 5.91 Å². The molecule has 0 saturated carbocycles. The van der Waals surface area contributed by atoms with E-state index in [2.05, 4.69) is 16.9 Å². The van der Waals surface area contributed by atoms with Crippen LogP contribution in [0.15, 0.2) is 12.5 Å². The molecule has 0 radical (unpaired) electrons. The van der Waals surface area contributed by atoms with Gasteiger partial charge in [-0.1, -0.05) is 0 Å². The molecule has 2 aromatic heterocycles. The second kappa shape index (κ2) is 6.93.